The highest BCUT2D eigenvalue weighted by Crippen LogP contribution is 2.35. The van der Waals surface area contributed by atoms with E-state index in [1.807, 2.05) is 47.9 Å². The van der Waals surface area contributed by atoms with Crippen LogP contribution >= 0.6 is 0 Å². The average Bonchev–Trinajstić information content (AvgIpc) is 3.22. The zero-order chi connectivity index (χ0) is 24.4. The van der Waals surface area contributed by atoms with E-state index in [4.69, 9.17) is 9.47 Å². The molecule has 2 heterocycles. The Labute approximate surface area is 205 Å². The lowest BCUT2D eigenvalue weighted by atomic mass is 9.85. The number of piperidine rings is 1. The van der Waals surface area contributed by atoms with Crippen LogP contribution in [0.5, 0.6) is 11.5 Å². The van der Waals surface area contributed by atoms with Gasteiger partial charge < -0.3 is 25.1 Å². The Hall–Kier alpha value is -3.26. The van der Waals surface area contributed by atoms with Gasteiger partial charge in [-0.15, -0.1) is 0 Å². The van der Waals surface area contributed by atoms with Gasteiger partial charge in [0.2, 0.25) is 5.91 Å². The lowest BCUT2D eigenvalue weighted by Gasteiger charge is -2.28. The van der Waals surface area contributed by atoms with Gasteiger partial charge in [0, 0.05) is 23.7 Å². The Kier molecular flexibility index (Phi) is 6.81. The first kappa shape index (κ1) is 23.5. The van der Waals surface area contributed by atoms with E-state index in [9.17, 15) is 9.59 Å². The van der Waals surface area contributed by atoms with Crippen LogP contribution in [-0.4, -0.2) is 41.8 Å². The number of anilines is 1. The van der Waals surface area contributed by atoms with Gasteiger partial charge in [0.25, 0.3) is 0 Å². The highest BCUT2D eigenvalue weighted by atomic mass is 16.5. The van der Waals surface area contributed by atoms with Crippen molar-refractivity contribution in [1.29, 1.82) is 0 Å². The molecule has 0 atom stereocenters. The molecule has 0 radical (unpaired) electrons. The van der Waals surface area contributed by atoms with Crippen molar-refractivity contribution in [2.45, 2.75) is 57.6 Å². The van der Waals surface area contributed by atoms with Crippen molar-refractivity contribution >= 4 is 22.6 Å². The molecule has 186 valence electrons. The summed E-state index contributed by atoms with van der Waals surface area (Å²) in [4.78, 5) is 28.9. The number of hydrogen-bond acceptors (Lipinski definition) is 5. The number of carbonyl (C=O) groups is 1. The number of ether oxygens (including phenoxy) is 2. The Morgan fingerprint density at radius 2 is 1.80 bits per heavy atom. The minimum atomic E-state index is -0.110. The maximum Gasteiger partial charge on any atom is 0.326 e. The molecule has 2 aliphatic rings. The minimum Gasteiger partial charge on any atom is -0.496 e. The van der Waals surface area contributed by atoms with E-state index in [1.165, 1.54) is 0 Å². The Balaban J connectivity index is 1.26. The van der Waals surface area contributed by atoms with Crippen molar-refractivity contribution in [1.82, 2.24) is 14.9 Å². The fourth-order valence-electron chi connectivity index (χ4n) is 5.41. The molecule has 35 heavy (non-hydrogen) atoms. The van der Waals surface area contributed by atoms with Crippen molar-refractivity contribution in [3.8, 4) is 11.5 Å². The molecule has 5 rings (SSSR count). The number of hydrogen-bond donors (Lipinski definition) is 3. The van der Waals surface area contributed by atoms with Gasteiger partial charge in [-0.1, -0.05) is 12.1 Å². The summed E-state index contributed by atoms with van der Waals surface area (Å²) in [5, 5.41) is 6.39. The molecule has 3 aromatic rings. The van der Waals surface area contributed by atoms with Gasteiger partial charge in [0.15, 0.2) is 0 Å². The monoisotopic (exact) mass is 478 g/mol. The van der Waals surface area contributed by atoms with E-state index in [0.29, 0.717) is 0 Å². The molecular formula is C27H34N4O4. The number of fused-ring (bicyclic) bond motifs is 1. The molecule has 2 aromatic carbocycles. The van der Waals surface area contributed by atoms with Crippen LogP contribution in [0.15, 0.2) is 41.2 Å². The molecule has 1 saturated carbocycles. The molecule has 1 saturated heterocycles. The van der Waals surface area contributed by atoms with Crippen molar-refractivity contribution in [2.24, 2.45) is 5.92 Å². The number of aromatic nitrogens is 2. The van der Waals surface area contributed by atoms with Crippen LogP contribution in [0.2, 0.25) is 0 Å². The van der Waals surface area contributed by atoms with Crippen LogP contribution in [0.25, 0.3) is 11.0 Å². The third-order valence-corrected chi connectivity index (χ3v) is 7.40. The molecule has 0 bridgehead atoms. The van der Waals surface area contributed by atoms with Crippen LogP contribution in [-0.2, 0) is 4.79 Å². The van der Waals surface area contributed by atoms with Gasteiger partial charge in [0.1, 0.15) is 23.1 Å². The highest BCUT2D eigenvalue weighted by molar-refractivity contribution is 5.92. The first-order chi connectivity index (χ1) is 17.0. The third-order valence-electron chi connectivity index (χ3n) is 7.40. The summed E-state index contributed by atoms with van der Waals surface area (Å²) in [7, 11) is 1.63. The fraction of sp³-hybridized carbons (Fsp3) is 0.481. The van der Waals surface area contributed by atoms with Gasteiger partial charge in [-0.2, -0.15) is 0 Å². The SMILES string of the molecule is COc1cc(NC(=O)[C@H]2CC[C@@H](n3c(=O)[nH]c4c(OC5CCNCC5)cccc43)CC2)ccc1C. The van der Waals surface area contributed by atoms with Crippen LogP contribution in [0, 0.1) is 12.8 Å². The molecule has 0 spiro atoms. The Morgan fingerprint density at radius 3 is 2.54 bits per heavy atom. The number of amides is 1. The molecular weight excluding hydrogens is 444 g/mol. The number of nitrogens with one attached hydrogen (secondary N) is 3. The first-order valence-electron chi connectivity index (χ1n) is 12.6. The zero-order valence-electron chi connectivity index (χ0n) is 20.4. The molecule has 3 N–H and O–H groups in total. The molecule has 1 aliphatic heterocycles. The second-order valence-corrected chi connectivity index (χ2v) is 9.70. The number of H-pyrrole nitrogens is 1. The van der Waals surface area contributed by atoms with Gasteiger partial charge in [-0.05, 0) is 82.3 Å². The number of aryl methyl sites for hydroxylation is 1. The Morgan fingerprint density at radius 1 is 1.03 bits per heavy atom. The number of aromatic amines is 1. The summed E-state index contributed by atoms with van der Waals surface area (Å²) in [6.45, 7) is 3.87. The molecule has 2 fully saturated rings. The van der Waals surface area contributed by atoms with Crippen molar-refractivity contribution < 1.29 is 14.3 Å². The maximum atomic E-state index is 13.0. The molecule has 1 amide bonds. The van der Waals surface area contributed by atoms with Gasteiger partial charge in [0.05, 0.1) is 12.6 Å². The van der Waals surface area contributed by atoms with Crippen LogP contribution < -0.4 is 25.8 Å². The van der Waals surface area contributed by atoms with Gasteiger partial charge in [-0.3, -0.25) is 9.36 Å². The van der Waals surface area contributed by atoms with Crippen LogP contribution in [0.3, 0.4) is 0 Å². The second kappa shape index (κ2) is 10.2. The fourth-order valence-corrected chi connectivity index (χ4v) is 5.41. The number of methoxy groups -OCH3 is 1. The number of rotatable bonds is 6. The summed E-state index contributed by atoms with van der Waals surface area (Å²) in [6, 6.07) is 11.6. The maximum absolute atomic E-state index is 13.0. The van der Waals surface area contributed by atoms with Crippen molar-refractivity contribution in [3.63, 3.8) is 0 Å². The van der Waals surface area contributed by atoms with Crippen LogP contribution in [0.4, 0.5) is 5.69 Å². The molecule has 1 aromatic heterocycles. The summed E-state index contributed by atoms with van der Waals surface area (Å²) in [5.41, 5.74) is 3.31. The summed E-state index contributed by atoms with van der Waals surface area (Å²) >= 11 is 0. The first-order valence-corrected chi connectivity index (χ1v) is 12.6. The van der Waals surface area contributed by atoms with E-state index >= 15 is 0 Å². The van der Waals surface area contributed by atoms with Gasteiger partial charge >= 0.3 is 5.69 Å². The summed E-state index contributed by atoms with van der Waals surface area (Å²) in [6.07, 6.45) is 5.12. The van der Waals surface area contributed by atoms with E-state index in [2.05, 4.69) is 15.6 Å². The second-order valence-electron chi connectivity index (χ2n) is 9.70. The summed E-state index contributed by atoms with van der Waals surface area (Å²) in [5.74, 6) is 1.46. The van der Waals surface area contributed by atoms with E-state index in [0.717, 1.165) is 85.4 Å². The smallest absolute Gasteiger partial charge is 0.326 e. The van der Waals surface area contributed by atoms with E-state index in [1.54, 1.807) is 7.11 Å². The number of nitrogens with zero attached hydrogens (tertiary/aromatic N) is 1. The zero-order valence-corrected chi connectivity index (χ0v) is 20.4. The molecule has 0 unspecified atom stereocenters. The van der Waals surface area contributed by atoms with E-state index < -0.39 is 0 Å². The molecule has 8 heteroatoms. The van der Waals surface area contributed by atoms with Crippen molar-refractivity contribution in [2.75, 3.05) is 25.5 Å². The number of para-hydroxylation sites is 1. The normalized spacial score (nSPS) is 21.1. The van der Waals surface area contributed by atoms with Gasteiger partial charge in [-0.25, -0.2) is 4.79 Å². The Bertz CT molecular complexity index is 1250. The van der Waals surface area contributed by atoms with Crippen molar-refractivity contribution in [3.05, 3.63) is 52.4 Å². The van der Waals surface area contributed by atoms with Crippen LogP contribution in [0.1, 0.15) is 50.1 Å². The molecule has 8 nitrogen and oxygen atoms in total. The predicted octanol–water partition coefficient (Wildman–Crippen LogP) is 4.15. The largest absolute Gasteiger partial charge is 0.496 e. The average molecular weight is 479 g/mol. The topological polar surface area (TPSA) is 97.4 Å². The quantitative estimate of drug-likeness (QED) is 0.495. The predicted molar refractivity (Wildman–Crippen MR) is 136 cm³/mol. The molecule has 1 aliphatic carbocycles. The standard InChI is InChI=1S/C27H34N4O4/c1-17-6-9-19(16-24(17)34-2)29-26(32)18-7-10-20(11-8-18)31-22-4-3-5-23(25(22)30-27(31)33)35-21-12-14-28-15-13-21/h3-6,9,16,18,20-21,28H,7-8,10-15H2,1-2H3,(H,29,32)(H,30,33)/t18-,20+. The third kappa shape index (κ3) is 4.93. The highest BCUT2D eigenvalue weighted by Gasteiger charge is 2.29. The lowest BCUT2D eigenvalue weighted by Crippen LogP contribution is -2.34. The number of imidazole rings is 1. The number of benzene rings is 2. The number of carbonyl (C=O) groups excluding carboxylic acids is 1. The lowest BCUT2D eigenvalue weighted by molar-refractivity contribution is -0.121. The minimum absolute atomic E-state index is 0.0262. The summed E-state index contributed by atoms with van der Waals surface area (Å²) < 4.78 is 13.5. The van der Waals surface area contributed by atoms with E-state index in [-0.39, 0.29) is 29.7 Å².